The van der Waals surface area contributed by atoms with Gasteiger partial charge in [-0.3, -0.25) is 4.79 Å². The van der Waals surface area contributed by atoms with E-state index >= 15 is 0 Å². The van der Waals surface area contributed by atoms with E-state index in [1.54, 1.807) is 7.11 Å². The minimum atomic E-state index is 0.0542. The first-order valence-corrected chi connectivity index (χ1v) is 7.58. The van der Waals surface area contributed by atoms with Crippen LogP contribution in [-0.4, -0.2) is 12.9 Å². The van der Waals surface area contributed by atoms with Crippen LogP contribution in [0.1, 0.15) is 27.0 Å². The minimum Gasteiger partial charge on any atom is -0.497 e. The van der Waals surface area contributed by atoms with Crippen molar-refractivity contribution in [2.75, 3.05) is 7.11 Å². The van der Waals surface area contributed by atoms with E-state index in [2.05, 4.69) is 6.07 Å². The van der Waals surface area contributed by atoms with Crippen LogP contribution in [0.4, 0.5) is 0 Å². The summed E-state index contributed by atoms with van der Waals surface area (Å²) in [7, 11) is 1.67. The Labute approximate surface area is 136 Å². The number of methoxy groups -OCH3 is 1. The van der Waals surface area contributed by atoms with Crippen LogP contribution in [0, 0.1) is 0 Å². The van der Waals surface area contributed by atoms with Gasteiger partial charge in [0, 0.05) is 11.1 Å². The molecule has 0 saturated carbocycles. The molecule has 0 heterocycles. The zero-order valence-corrected chi connectivity index (χ0v) is 13.0. The first-order chi connectivity index (χ1) is 11.3. The van der Waals surface area contributed by atoms with Crippen molar-refractivity contribution in [1.82, 2.24) is 0 Å². The summed E-state index contributed by atoms with van der Waals surface area (Å²) in [5.41, 5.74) is 3.79. The summed E-state index contributed by atoms with van der Waals surface area (Å²) >= 11 is 0. The third-order valence-corrected chi connectivity index (χ3v) is 3.79. The van der Waals surface area contributed by atoms with E-state index in [1.165, 1.54) is 11.1 Å². The molecule has 0 aliphatic rings. The zero-order valence-electron chi connectivity index (χ0n) is 13.0. The molecule has 0 aliphatic carbocycles. The fourth-order valence-corrected chi connectivity index (χ4v) is 2.55. The second-order valence-electron chi connectivity index (χ2n) is 5.42. The van der Waals surface area contributed by atoms with Crippen molar-refractivity contribution in [3.05, 3.63) is 101 Å². The molecule has 0 N–H and O–H groups in total. The molecule has 0 saturated heterocycles. The lowest BCUT2D eigenvalue weighted by atomic mass is 9.99. The van der Waals surface area contributed by atoms with Gasteiger partial charge in [0.1, 0.15) is 5.75 Å². The molecule has 3 aromatic rings. The highest BCUT2D eigenvalue weighted by molar-refractivity contribution is 6.08. The normalized spacial score (nSPS) is 10.3. The first kappa shape index (κ1) is 15.0. The standard InChI is InChI=1S/C21H18O2/c1-23-20-9-5-6-17(15-20)14-16-10-12-19(13-11-16)21(22)18-7-3-2-4-8-18/h2-13,15H,14H2,1H3. The number of hydrogen-bond donors (Lipinski definition) is 0. The summed E-state index contributed by atoms with van der Waals surface area (Å²) in [6.45, 7) is 0. The van der Waals surface area contributed by atoms with Crippen LogP contribution < -0.4 is 4.74 Å². The third kappa shape index (κ3) is 3.67. The van der Waals surface area contributed by atoms with Crippen LogP contribution in [-0.2, 0) is 6.42 Å². The maximum atomic E-state index is 12.4. The summed E-state index contributed by atoms with van der Waals surface area (Å²) in [6, 6.07) is 25.2. The van der Waals surface area contributed by atoms with Crippen LogP contribution in [0.25, 0.3) is 0 Å². The Morgan fingerprint density at radius 1 is 0.783 bits per heavy atom. The third-order valence-electron chi connectivity index (χ3n) is 3.79. The Hall–Kier alpha value is -2.87. The molecule has 23 heavy (non-hydrogen) atoms. The van der Waals surface area contributed by atoms with Crippen LogP contribution in [0.2, 0.25) is 0 Å². The van der Waals surface area contributed by atoms with Gasteiger partial charge in [0.25, 0.3) is 0 Å². The number of ketones is 1. The fourth-order valence-electron chi connectivity index (χ4n) is 2.55. The number of carbonyl (C=O) groups is 1. The molecule has 3 rings (SSSR count). The summed E-state index contributed by atoms with van der Waals surface area (Å²) in [6.07, 6.45) is 0.816. The van der Waals surface area contributed by atoms with Gasteiger partial charge in [-0.1, -0.05) is 66.7 Å². The second kappa shape index (κ2) is 6.93. The molecular formula is C21H18O2. The number of rotatable bonds is 5. The molecule has 0 bridgehead atoms. The van der Waals surface area contributed by atoms with Crippen LogP contribution in [0.3, 0.4) is 0 Å². The molecule has 0 aliphatic heterocycles. The Bertz CT molecular complexity index is 790. The first-order valence-electron chi connectivity index (χ1n) is 7.58. The molecular weight excluding hydrogens is 284 g/mol. The topological polar surface area (TPSA) is 26.3 Å². The Morgan fingerprint density at radius 3 is 2.17 bits per heavy atom. The molecule has 2 heteroatoms. The highest BCUT2D eigenvalue weighted by Crippen LogP contribution is 2.17. The number of hydrogen-bond acceptors (Lipinski definition) is 2. The Morgan fingerprint density at radius 2 is 1.48 bits per heavy atom. The molecule has 0 unspecified atom stereocenters. The van der Waals surface area contributed by atoms with Crippen molar-refractivity contribution in [2.24, 2.45) is 0 Å². The van der Waals surface area contributed by atoms with E-state index < -0.39 is 0 Å². The number of carbonyl (C=O) groups excluding carboxylic acids is 1. The van der Waals surface area contributed by atoms with Gasteiger partial charge >= 0.3 is 0 Å². The summed E-state index contributed by atoms with van der Waals surface area (Å²) < 4.78 is 5.25. The molecule has 3 aromatic carbocycles. The minimum absolute atomic E-state index is 0.0542. The smallest absolute Gasteiger partial charge is 0.193 e. The van der Waals surface area contributed by atoms with E-state index in [0.717, 1.165) is 12.2 Å². The van der Waals surface area contributed by atoms with Gasteiger partial charge in [0.2, 0.25) is 0 Å². The molecule has 2 nitrogen and oxygen atoms in total. The average Bonchev–Trinajstić information content (AvgIpc) is 2.63. The average molecular weight is 302 g/mol. The van der Waals surface area contributed by atoms with Crippen molar-refractivity contribution in [2.45, 2.75) is 6.42 Å². The maximum absolute atomic E-state index is 12.4. The quantitative estimate of drug-likeness (QED) is 0.648. The van der Waals surface area contributed by atoms with Crippen molar-refractivity contribution in [3.63, 3.8) is 0 Å². The molecule has 0 radical (unpaired) electrons. The van der Waals surface area contributed by atoms with Crippen molar-refractivity contribution < 1.29 is 9.53 Å². The van der Waals surface area contributed by atoms with Crippen molar-refractivity contribution >= 4 is 5.78 Å². The van der Waals surface area contributed by atoms with E-state index in [4.69, 9.17) is 4.74 Å². The van der Waals surface area contributed by atoms with E-state index in [-0.39, 0.29) is 5.78 Å². The maximum Gasteiger partial charge on any atom is 0.193 e. The SMILES string of the molecule is COc1cccc(Cc2ccc(C(=O)c3ccccc3)cc2)c1. The molecule has 0 fully saturated rings. The van der Waals surface area contributed by atoms with Gasteiger partial charge in [0.15, 0.2) is 5.78 Å². The van der Waals surface area contributed by atoms with E-state index in [1.807, 2.05) is 72.8 Å². The van der Waals surface area contributed by atoms with Gasteiger partial charge in [0.05, 0.1) is 7.11 Å². The summed E-state index contributed by atoms with van der Waals surface area (Å²) in [5.74, 6) is 0.914. The predicted molar refractivity (Wildman–Crippen MR) is 92.1 cm³/mol. The number of benzene rings is 3. The fraction of sp³-hybridized carbons (Fsp3) is 0.0952. The van der Waals surface area contributed by atoms with Crippen LogP contribution in [0.5, 0.6) is 5.75 Å². The van der Waals surface area contributed by atoms with E-state index in [0.29, 0.717) is 11.1 Å². The lowest BCUT2D eigenvalue weighted by Crippen LogP contribution is -2.01. The second-order valence-corrected chi connectivity index (χ2v) is 5.42. The zero-order chi connectivity index (χ0) is 16.1. The van der Waals surface area contributed by atoms with Gasteiger partial charge in [-0.2, -0.15) is 0 Å². The lowest BCUT2D eigenvalue weighted by Gasteiger charge is -2.06. The highest BCUT2D eigenvalue weighted by Gasteiger charge is 2.08. The van der Waals surface area contributed by atoms with Gasteiger partial charge < -0.3 is 4.74 Å². The van der Waals surface area contributed by atoms with Crippen LogP contribution in [0.15, 0.2) is 78.9 Å². The highest BCUT2D eigenvalue weighted by atomic mass is 16.5. The van der Waals surface area contributed by atoms with Crippen LogP contribution >= 0.6 is 0 Å². The molecule has 0 amide bonds. The van der Waals surface area contributed by atoms with Crippen molar-refractivity contribution in [1.29, 1.82) is 0 Å². The Balaban J connectivity index is 1.75. The molecule has 0 spiro atoms. The summed E-state index contributed by atoms with van der Waals surface area (Å²) in [5, 5.41) is 0. The van der Waals surface area contributed by atoms with Crippen molar-refractivity contribution in [3.8, 4) is 5.75 Å². The monoisotopic (exact) mass is 302 g/mol. The molecule has 0 atom stereocenters. The van der Waals surface area contributed by atoms with E-state index in [9.17, 15) is 4.79 Å². The van der Waals surface area contributed by atoms with Gasteiger partial charge in [-0.05, 0) is 29.7 Å². The lowest BCUT2D eigenvalue weighted by molar-refractivity contribution is 0.103. The molecule has 0 aromatic heterocycles. The summed E-state index contributed by atoms with van der Waals surface area (Å²) in [4.78, 5) is 12.4. The van der Waals surface area contributed by atoms with Gasteiger partial charge in [-0.15, -0.1) is 0 Å². The number of ether oxygens (including phenoxy) is 1. The predicted octanol–water partition coefficient (Wildman–Crippen LogP) is 4.52. The largest absolute Gasteiger partial charge is 0.497 e. The molecule has 114 valence electrons. The van der Waals surface area contributed by atoms with Gasteiger partial charge in [-0.25, -0.2) is 0 Å². The Kier molecular flexibility index (Phi) is 4.53.